The molecule has 8 nitrogen and oxygen atoms in total. The van der Waals surface area contributed by atoms with E-state index in [1.165, 1.54) is 16.8 Å². The number of nitrogens with one attached hydrogen (secondary N) is 1. The third-order valence-electron chi connectivity index (χ3n) is 4.65. The van der Waals surface area contributed by atoms with Gasteiger partial charge in [-0.3, -0.25) is 10.2 Å². The quantitative estimate of drug-likeness (QED) is 0.479. The molecule has 2 aliphatic heterocycles. The van der Waals surface area contributed by atoms with Gasteiger partial charge in [0.05, 0.1) is 12.7 Å². The highest BCUT2D eigenvalue weighted by Gasteiger charge is 2.34. The summed E-state index contributed by atoms with van der Waals surface area (Å²) in [4.78, 5) is 16.5. The molecule has 2 aromatic carbocycles. The Labute approximate surface area is 190 Å². The molecule has 0 fully saturated rings. The molecule has 1 N–H and O–H groups in total. The normalized spacial score (nSPS) is 16.6. The number of benzene rings is 2. The number of nitrogens with zero attached hydrogens (tertiary/aromatic N) is 3. The van der Waals surface area contributed by atoms with Crippen LogP contribution in [0.5, 0.6) is 17.2 Å². The molecule has 9 heteroatoms. The van der Waals surface area contributed by atoms with E-state index in [1.54, 1.807) is 13.2 Å². The van der Waals surface area contributed by atoms with Gasteiger partial charge in [0.25, 0.3) is 5.91 Å². The maximum Gasteiger partial charge on any atom is 0.283 e. The van der Waals surface area contributed by atoms with E-state index in [9.17, 15) is 4.79 Å². The van der Waals surface area contributed by atoms with Gasteiger partial charge >= 0.3 is 0 Å². The molecule has 2 heterocycles. The minimum atomic E-state index is -0.434. The largest absolute Gasteiger partial charge is 0.497 e. The maximum absolute atomic E-state index is 12.4. The number of amides is 1. The fraction of sp³-hybridized carbons (Fsp3) is 0.217. The number of ether oxygens (including phenoxy) is 3. The minimum absolute atomic E-state index is 0.0333. The second-order valence-electron chi connectivity index (χ2n) is 6.81. The fourth-order valence-corrected chi connectivity index (χ4v) is 3.84. The Bertz CT molecular complexity index is 1130. The van der Waals surface area contributed by atoms with E-state index in [0.717, 1.165) is 22.8 Å². The standard InChI is InChI=1S/C23H22N4O4S/c1-3-20-26-27-21(24)19(22(28)25-23(27)32-20)13-15-7-9-16(10-8-15)30-11-12-31-18-6-4-5-17(14-18)29-2/h4-10,13-14,24H,3,11-12H2,1-2H3. The molecule has 0 bridgehead atoms. The Morgan fingerprint density at radius 2 is 1.78 bits per heavy atom. The average molecular weight is 451 g/mol. The lowest BCUT2D eigenvalue weighted by Crippen LogP contribution is -2.35. The van der Waals surface area contributed by atoms with Crippen LogP contribution >= 0.6 is 11.8 Å². The minimum Gasteiger partial charge on any atom is -0.497 e. The number of hydrogen-bond donors (Lipinski definition) is 1. The number of hydrazone groups is 1. The number of amidine groups is 2. The van der Waals surface area contributed by atoms with E-state index in [-0.39, 0.29) is 11.4 Å². The molecule has 4 rings (SSSR count). The molecule has 32 heavy (non-hydrogen) atoms. The number of aliphatic imine (C=N–C) groups is 1. The summed E-state index contributed by atoms with van der Waals surface area (Å²) in [6.45, 7) is 2.74. The van der Waals surface area contributed by atoms with Gasteiger partial charge in [-0.25, -0.2) is 0 Å². The summed E-state index contributed by atoms with van der Waals surface area (Å²) in [6.07, 6.45) is 2.37. The van der Waals surface area contributed by atoms with Crippen LogP contribution in [0.1, 0.15) is 18.9 Å². The molecule has 0 aromatic heterocycles. The van der Waals surface area contributed by atoms with Crippen LogP contribution in [-0.2, 0) is 4.79 Å². The molecule has 2 aromatic rings. The molecule has 0 atom stereocenters. The Morgan fingerprint density at radius 1 is 1.06 bits per heavy atom. The first-order chi connectivity index (χ1) is 15.6. The van der Waals surface area contributed by atoms with Gasteiger partial charge in [-0.05, 0) is 54.1 Å². The van der Waals surface area contributed by atoms with Crippen molar-refractivity contribution in [1.82, 2.24) is 5.01 Å². The van der Waals surface area contributed by atoms with Crippen molar-refractivity contribution in [2.24, 2.45) is 10.1 Å². The predicted molar refractivity (Wildman–Crippen MR) is 126 cm³/mol. The first-order valence-corrected chi connectivity index (χ1v) is 10.9. The van der Waals surface area contributed by atoms with Crippen LogP contribution in [0.25, 0.3) is 6.08 Å². The van der Waals surface area contributed by atoms with Crippen LogP contribution in [0.4, 0.5) is 0 Å². The van der Waals surface area contributed by atoms with Crippen molar-refractivity contribution in [2.45, 2.75) is 13.3 Å². The molecule has 0 saturated heterocycles. The van der Waals surface area contributed by atoms with Crippen molar-refractivity contribution in [3.63, 3.8) is 0 Å². The SMILES string of the molecule is CCC1=NN2C(=N)C(=Cc3ccc(OCCOc4cccc(OC)c4)cc3)C(=O)N=C2S1. The van der Waals surface area contributed by atoms with E-state index in [0.29, 0.717) is 29.9 Å². The van der Waals surface area contributed by atoms with E-state index in [4.69, 9.17) is 19.6 Å². The number of hydrogen-bond acceptors (Lipinski definition) is 7. The van der Waals surface area contributed by atoms with Crippen LogP contribution < -0.4 is 14.2 Å². The van der Waals surface area contributed by atoms with Gasteiger partial charge in [0.1, 0.15) is 35.5 Å². The topological polar surface area (TPSA) is 96.6 Å². The second-order valence-corrected chi connectivity index (χ2v) is 7.85. The van der Waals surface area contributed by atoms with Crippen molar-refractivity contribution < 1.29 is 19.0 Å². The van der Waals surface area contributed by atoms with Crippen LogP contribution in [-0.4, -0.2) is 47.3 Å². The number of thioether (sulfide) groups is 1. The summed E-state index contributed by atoms with van der Waals surface area (Å²) in [5.74, 6) is 1.73. The summed E-state index contributed by atoms with van der Waals surface area (Å²) in [6, 6.07) is 14.7. The van der Waals surface area contributed by atoms with E-state index < -0.39 is 5.91 Å². The molecule has 0 saturated carbocycles. The third kappa shape index (κ3) is 4.83. The van der Waals surface area contributed by atoms with E-state index in [2.05, 4.69) is 10.1 Å². The number of carbonyl (C=O) groups excluding carboxylic acids is 1. The summed E-state index contributed by atoms with van der Waals surface area (Å²) < 4.78 is 16.6. The van der Waals surface area contributed by atoms with Gasteiger partial charge in [0, 0.05) is 6.07 Å². The van der Waals surface area contributed by atoms with Crippen LogP contribution in [0.15, 0.2) is 64.2 Å². The molecule has 0 aliphatic carbocycles. The molecule has 2 aliphatic rings. The van der Waals surface area contributed by atoms with Crippen LogP contribution in [0.3, 0.4) is 0 Å². The zero-order valence-corrected chi connectivity index (χ0v) is 18.5. The van der Waals surface area contributed by atoms with Gasteiger partial charge in [0.15, 0.2) is 5.84 Å². The molecule has 0 radical (unpaired) electrons. The highest BCUT2D eigenvalue weighted by molar-refractivity contribution is 8.26. The molecule has 164 valence electrons. The molecular formula is C23H22N4O4S. The predicted octanol–water partition coefficient (Wildman–Crippen LogP) is 4.18. The van der Waals surface area contributed by atoms with Gasteiger partial charge < -0.3 is 14.2 Å². The molecule has 1 amide bonds. The first-order valence-electron chi connectivity index (χ1n) is 10.1. The molecular weight excluding hydrogens is 428 g/mol. The Balaban J connectivity index is 1.34. The monoisotopic (exact) mass is 450 g/mol. The number of rotatable bonds is 8. The van der Waals surface area contributed by atoms with Crippen molar-refractivity contribution in [1.29, 1.82) is 5.41 Å². The number of methoxy groups -OCH3 is 1. The Kier molecular flexibility index (Phi) is 6.55. The summed E-state index contributed by atoms with van der Waals surface area (Å²) in [5.41, 5.74) is 0.971. The van der Waals surface area contributed by atoms with Crippen molar-refractivity contribution in [3.05, 3.63) is 59.7 Å². The van der Waals surface area contributed by atoms with Gasteiger partial charge in [-0.2, -0.15) is 15.1 Å². The lowest BCUT2D eigenvalue weighted by Gasteiger charge is -2.20. The van der Waals surface area contributed by atoms with Crippen molar-refractivity contribution in [3.8, 4) is 17.2 Å². The summed E-state index contributed by atoms with van der Waals surface area (Å²) in [7, 11) is 1.61. The first kappa shape index (κ1) is 21.6. The van der Waals surface area contributed by atoms with Crippen LogP contribution in [0.2, 0.25) is 0 Å². The Hall–Kier alpha value is -3.59. The fourth-order valence-electron chi connectivity index (χ4n) is 3.01. The summed E-state index contributed by atoms with van der Waals surface area (Å²) >= 11 is 1.33. The summed E-state index contributed by atoms with van der Waals surface area (Å²) in [5, 5.41) is 15.4. The lowest BCUT2D eigenvalue weighted by atomic mass is 10.1. The molecule has 0 unspecified atom stereocenters. The number of carbonyl (C=O) groups is 1. The molecule has 0 spiro atoms. The van der Waals surface area contributed by atoms with E-state index in [1.807, 2.05) is 55.5 Å². The van der Waals surface area contributed by atoms with Crippen molar-refractivity contribution in [2.75, 3.05) is 20.3 Å². The maximum atomic E-state index is 12.4. The van der Waals surface area contributed by atoms with Gasteiger partial charge in [0.2, 0.25) is 5.17 Å². The zero-order chi connectivity index (χ0) is 22.5. The van der Waals surface area contributed by atoms with E-state index >= 15 is 0 Å². The number of fused-ring (bicyclic) bond motifs is 1. The lowest BCUT2D eigenvalue weighted by molar-refractivity contribution is -0.114. The van der Waals surface area contributed by atoms with Crippen molar-refractivity contribution >= 4 is 39.8 Å². The highest BCUT2D eigenvalue weighted by Crippen LogP contribution is 2.29. The van der Waals surface area contributed by atoms with Gasteiger partial charge in [-0.15, -0.1) is 0 Å². The second kappa shape index (κ2) is 9.69. The smallest absolute Gasteiger partial charge is 0.283 e. The zero-order valence-electron chi connectivity index (χ0n) is 17.7. The average Bonchev–Trinajstić information content (AvgIpc) is 3.24. The van der Waals surface area contributed by atoms with Gasteiger partial charge in [-0.1, -0.05) is 25.1 Å². The third-order valence-corrected chi connectivity index (χ3v) is 5.70. The van der Waals surface area contributed by atoms with Crippen LogP contribution in [0, 0.1) is 5.41 Å². The Morgan fingerprint density at radius 3 is 2.50 bits per heavy atom. The highest BCUT2D eigenvalue weighted by atomic mass is 32.2.